The predicted octanol–water partition coefficient (Wildman–Crippen LogP) is 3.71. The van der Waals surface area contributed by atoms with Crippen LogP contribution in [0.4, 0.5) is 23.2 Å². The fourth-order valence-electron chi connectivity index (χ4n) is 2.75. The van der Waals surface area contributed by atoms with E-state index in [1.807, 2.05) is 29.2 Å². The van der Waals surface area contributed by atoms with E-state index in [9.17, 15) is 4.79 Å². The number of hydrogen-bond acceptors (Lipinski definition) is 8. The van der Waals surface area contributed by atoms with Gasteiger partial charge in [-0.3, -0.25) is 4.79 Å². The largest absolute Gasteiger partial charge is 0.399 e. The summed E-state index contributed by atoms with van der Waals surface area (Å²) in [5.41, 5.74) is 1.17. The number of aromatic nitrogens is 3. The fraction of sp³-hybridized carbons (Fsp3) is 0.222. The van der Waals surface area contributed by atoms with E-state index in [4.69, 9.17) is 20.8 Å². The Bertz CT molecular complexity index is 1020. The molecule has 1 amide bonds. The molecule has 11 heteroatoms. The van der Waals surface area contributed by atoms with Crippen LogP contribution in [0.15, 0.2) is 45.4 Å². The van der Waals surface area contributed by atoms with Gasteiger partial charge in [-0.05, 0) is 24.3 Å². The Balaban J connectivity index is 1.41. The molecule has 2 N–H and O–H groups in total. The number of morpholine rings is 1. The second kappa shape index (κ2) is 8.76. The molecule has 150 valence electrons. The molecule has 1 aromatic carbocycles. The number of hydrogen-bond donors (Lipinski definition) is 2. The van der Waals surface area contributed by atoms with E-state index in [1.165, 1.54) is 6.20 Å². The molecule has 0 saturated carbocycles. The van der Waals surface area contributed by atoms with Crippen LogP contribution in [0.25, 0.3) is 0 Å². The standard InChI is InChI=1S/C18H16BrClN6O3/c19-11-2-1-3-12(8-11)23-18-25-24-17(29-18)16(27)22-13-9-14(20)15(21-10-13)26-4-6-28-7-5-26/h1-3,8-10H,4-7H2,(H,22,27)(H,23,25). The van der Waals surface area contributed by atoms with Gasteiger partial charge in [0.05, 0.1) is 30.1 Å². The highest BCUT2D eigenvalue weighted by Crippen LogP contribution is 2.27. The molecule has 1 aliphatic rings. The number of rotatable bonds is 5. The average molecular weight is 480 g/mol. The fourth-order valence-corrected chi connectivity index (χ4v) is 3.43. The zero-order valence-corrected chi connectivity index (χ0v) is 17.4. The summed E-state index contributed by atoms with van der Waals surface area (Å²) in [6.45, 7) is 2.69. The summed E-state index contributed by atoms with van der Waals surface area (Å²) in [4.78, 5) is 18.8. The quantitative estimate of drug-likeness (QED) is 0.570. The van der Waals surface area contributed by atoms with Gasteiger partial charge in [-0.15, -0.1) is 5.10 Å². The Labute approximate surface area is 179 Å². The molecule has 4 rings (SSSR count). The number of carbonyl (C=O) groups is 1. The van der Waals surface area contributed by atoms with Gasteiger partial charge in [0.25, 0.3) is 0 Å². The lowest BCUT2D eigenvalue weighted by Gasteiger charge is -2.28. The van der Waals surface area contributed by atoms with Crippen LogP contribution in [0.1, 0.15) is 10.7 Å². The van der Waals surface area contributed by atoms with Gasteiger partial charge in [-0.25, -0.2) is 4.98 Å². The molecule has 1 aliphatic heterocycles. The first-order chi connectivity index (χ1) is 14.1. The lowest BCUT2D eigenvalue weighted by atomic mass is 10.3. The molecule has 2 aromatic heterocycles. The molecule has 0 spiro atoms. The van der Waals surface area contributed by atoms with E-state index in [1.54, 1.807) is 6.07 Å². The highest BCUT2D eigenvalue weighted by atomic mass is 79.9. The van der Waals surface area contributed by atoms with Gasteiger partial charge in [0.2, 0.25) is 0 Å². The van der Waals surface area contributed by atoms with Crippen LogP contribution in [0.3, 0.4) is 0 Å². The van der Waals surface area contributed by atoms with Crippen LogP contribution in [0.5, 0.6) is 0 Å². The molecule has 29 heavy (non-hydrogen) atoms. The number of halogens is 2. The van der Waals surface area contributed by atoms with Gasteiger partial charge in [0.1, 0.15) is 5.82 Å². The lowest BCUT2D eigenvalue weighted by Crippen LogP contribution is -2.36. The van der Waals surface area contributed by atoms with Crippen molar-refractivity contribution in [2.45, 2.75) is 0 Å². The molecule has 3 aromatic rings. The van der Waals surface area contributed by atoms with Crippen LogP contribution in [-0.2, 0) is 4.74 Å². The number of pyridine rings is 1. The summed E-state index contributed by atoms with van der Waals surface area (Å²) in [5.74, 6) is -0.0843. The summed E-state index contributed by atoms with van der Waals surface area (Å²) in [6, 6.07) is 9.15. The number of amides is 1. The maximum atomic E-state index is 12.4. The number of ether oxygens (including phenoxy) is 1. The van der Waals surface area contributed by atoms with Gasteiger partial charge >= 0.3 is 17.8 Å². The van der Waals surface area contributed by atoms with Crippen molar-refractivity contribution in [1.82, 2.24) is 15.2 Å². The van der Waals surface area contributed by atoms with Crippen molar-refractivity contribution in [2.24, 2.45) is 0 Å². The first-order valence-electron chi connectivity index (χ1n) is 8.74. The van der Waals surface area contributed by atoms with E-state index >= 15 is 0 Å². The molecule has 0 radical (unpaired) electrons. The van der Waals surface area contributed by atoms with Crippen molar-refractivity contribution >= 4 is 56.6 Å². The zero-order chi connectivity index (χ0) is 20.2. The summed E-state index contributed by atoms with van der Waals surface area (Å²) < 4.78 is 11.6. The third-order valence-electron chi connectivity index (χ3n) is 4.09. The maximum Gasteiger partial charge on any atom is 0.320 e. The summed E-state index contributed by atoms with van der Waals surface area (Å²) in [7, 11) is 0. The Morgan fingerprint density at radius 2 is 2.00 bits per heavy atom. The van der Waals surface area contributed by atoms with E-state index < -0.39 is 5.91 Å². The number of nitrogens with one attached hydrogen (secondary N) is 2. The number of carbonyl (C=O) groups excluding carboxylic acids is 1. The molecule has 1 saturated heterocycles. The maximum absolute atomic E-state index is 12.4. The van der Waals surface area contributed by atoms with Crippen LogP contribution in [-0.4, -0.2) is 47.4 Å². The number of benzene rings is 1. The predicted molar refractivity (Wildman–Crippen MR) is 112 cm³/mol. The minimum atomic E-state index is -0.559. The van der Waals surface area contributed by atoms with E-state index in [2.05, 4.69) is 41.7 Å². The first-order valence-corrected chi connectivity index (χ1v) is 9.91. The van der Waals surface area contributed by atoms with Crippen LogP contribution < -0.4 is 15.5 Å². The molecule has 1 fully saturated rings. The van der Waals surface area contributed by atoms with Crippen molar-refractivity contribution < 1.29 is 13.9 Å². The van der Waals surface area contributed by atoms with E-state index in [0.29, 0.717) is 42.8 Å². The summed E-state index contributed by atoms with van der Waals surface area (Å²) >= 11 is 9.72. The SMILES string of the molecule is O=C(Nc1cnc(N2CCOCC2)c(Cl)c1)c1nnc(Nc2cccc(Br)c2)o1. The Kier molecular flexibility index (Phi) is 5.93. The number of nitrogens with zero attached hydrogens (tertiary/aromatic N) is 4. The topological polar surface area (TPSA) is 105 Å². The second-order valence-electron chi connectivity index (χ2n) is 6.13. The van der Waals surface area contributed by atoms with Crippen LogP contribution in [0.2, 0.25) is 5.02 Å². The highest BCUT2D eigenvalue weighted by molar-refractivity contribution is 9.10. The highest BCUT2D eigenvalue weighted by Gasteiger charge is 2.18. The molecule has 9 nitrogen and oxygen atoms in total. The van der Waals surface area contributed by atoms with Crippen molar-refractivity contribution in [3.8, 4) is 0 Å². The molecule has 0 unspecified atom stereocenters. The lowest BCUT2D eigenvalue weighted by molar-refractivity contribution is 0.0991. The van der Waals surface area contributed by atoms with E-state index in [0.717, 1.165) is 10.2 Å². The van der Waals surface area contributed by atoms with Crippen LogP contribution >= 0.6 is 27.5 Å². The van der Waals surface area contributed by atoms with Gasteiger partial charge in [0.15, 0.2) is 0 Å². The minimum absolute atomic E-state index is 0.104. The zero-order valence-electron chi connectivity index (χ0n) is 15.1. The molecule has 0 aliphatic carbocycles. The molecular formula is C18H16BrClN6O3. The van der Waals surface area contributed by atoms with E-state index in [-0.39, 0.29) is 11.9 Å². The molecule has 3 heterocycles. The average Bonchev–Trinajstić information content (AvgIpc) is 3.17. The smallest absolute Gasteiger partial charge is 0.320 e. The van der Waals surface area contributed by atoms with Crippen molar-refractivity contribution in [2.75, 3.05) is 41.8 Å². The molecule has 0 bridgehead atoms. The molecule has 0 atom stereocenters. The van der Waals surface area contributed by atoms with Gasteiger partial charge in [-0.2, -0.15) is 0 Å². The monoisotopic (exact) mass is 478 g/mol. The third kappa shape index (κ3) is 4.84. The molecular weight excluding hydrogens is 464 g/mol. The number of anilines is 4. The first kappa shape index (κ1) is 19.6. The minimum Gasteiger partial charge on any atom is -0.399 e. The Morgan fingerprint density at radius 1 is 1.17 bits per heavy atom. The van der Waals surface area contributed by atoms with Crippen molar-refractivity contribution in [1.29, 1.82) is 0 Å². The van der Waals surface area contributed by atoms with Gasteiger partial charge in [-0.1, -0.05) is 38.7 Å². The normalized spacial score (nSPS) is 13.9. The Morgan fingerprint density at radius 3 is 2.76 bits per heavy atom. The summed E-state index contributed by atoms with van der Waals surface area (Å²) in [6.07, 6.45) is 1.53. The van der Waals surface area contributed by atoms with Gasteiger partial charge < -0.3 is 24.7 Å². The van der Waals surface area contributed by atoms with Crippen molar-refractivity contribution in [3.63, 3.8) is 0 Å². The summed E-state index contributed by atoms with van der Waals surface area (Å²) in [5, 5.41) is 13.6. The van der Waals surface area contributed by atoms with Gasteiger partial charge in [0, 0.05) is 23.2 Å². The third-order valence-corrected chi connectivity index (χ3v) is 4.86. The Hall–Kier alpha value is -2.69. The van der Waals surface area contributed by atoms with Crippen LogP contribution in [0, 0.1) is 0 Å². The second-order valence-corrected chi connectivity index (χ2v) is 7.45. The van der Waals surface area contributed by atoms with Crippen molar-refractivity contribution in [3.05, 3.63) is 51.9 Å².